The van der Waals surface area contributed by atoms with E-state index in [4.69, 9.17) is 0 Å². The summed E-state index contributed by atoms with van der Waals surface area (Å²) in [5, 5.41) is 14.5. The molecular weight excluding hydrogens is 565 g/mol. The Morgan fingerprint density at radius 2 is 1.51 bits per heavy atom. The number of nitrogens with zero attached hydrogens (tertiary/aromatic N) is 2. The van der Waals surface area contributed by atoms with E-state index in [9.17, 15) is 9.90 Å². The van der Waals surface area contributed by atoms with E-state index >= 15 is 13.2 Å². The van der Waals surface area contributed by atoms with Crippen LogP contribution in [0.15, 0.2) is 47.2 Å². The molecule has 0 bridgehead atoms. The van der Waals surface area contributed by atoms with Crippen LogP contribution in [0, 0.1) is 28.3 Å². The van der Waals surface area contributed by atoms with E-state index in [2.05, 4.69) is 25.2 Å². The number of rotatable bonds is 4. The molecule has 2 aromatic rings. The number of carboxylic acid groups (broad SMARTS) is 1. The molecule has 4 nitrogen and oxygen atoms in total. The quantitative estimate of drug-likeness (QED) is 0.236. The molecule has 0 saturated heterocycles. The van der Waals surface area contributed by atoms with Crippen LogP contribution in [0.3, 0.4) is 0 Å². The normalized spacial score (nSPS) is 16.3. The summed E-state index contributed by atoms with van der Waals surface area (Å²) >= 11 is 0. The Morgan fingerprint density at radius 3 is 2.00 bits per heavy atom. The van der Waals surface area contributed by atoms with Crippen LogP contribution in [0.1, 0.15) is 74.5 Å². The summed E-state index contributed by atoms with van der Waals surface area (Å²) in [7, 11) is 5.24. The van der Waals surface area contributed by atoms with Crippen molar-refractivity contribution in [2.75, 3.05) is 33.1 Å². The van der Waals surface area contributed by atoms with Gasteiger partial charge in [-0.15, -0.1) is 0 Å². The van der Waals surface area contributed by atoms with Crippen molar-refractivity contribution in [2.24, 2.45) is 10.8 Å². The van der Waals surface area contributed by atoms with Gasteiger partial charge in [0.2, 0.25) is 0 Å². The molecule has 0 radical (unpaired) electrons. The second kappa shape index (κ2) is 10.6. The average molecular weight is 609 g/mol. The highest BCUT2D eigenvalue weighted by Gasteiger charge is 2.45. The molecule has 1 heterocycles. The number of allylic oxidation sites excluding steroid dienone is 5. The fourth-order valence-electron chi connectivity index (χ4n) is 7.17. The first-order chi connectivity index (χ1) is 19.6. The first kappa shape index (κ1) is 32.5. The Hall–Kier alpha value is -3.39. The minimum Gasteiger partial charge on any atom is -0.545 e. The van der Waals surface area contributed by atoms with E-state index < -0.39 is 64.9 Å². The van der Waals surface area contributed by atoms with Crippen molar-refractivity contribution in [1.29, 1.82) is 0 Å². The molecule has 0 N–H and O–H groups in total. The third-order valence-electron chi connectivity index (χ3n) is 8.75. The summed E-state index contributed by atoms with van der Waals surface area (Å²) < 4.78 is 51.4. The molecule has 1 aliphatic heterocycles. The molecule has 0 spiro atoms. The summed E-state index contributed by atoms with van der Waals surface area (Å²) in [5.41, 5.74) is -0.0305. The van der Waals surface area contributed by atoms with Crippen molar-refractivity contribution in [3.8, 4) is 0 Å². The maximum atomic E-state index is 17.3. The Kier molecular flexibility index (Phi) is 8.05. The van der Waals surface area contributed by atoms with E-state index in [1.807, 2.05) is 103 Å². The van der Waals surface area contributed by atoms with Gasteiger partial charge in [-0.1, -0.05) is 60.7 Å². The van der Waals surface area contributed by atoms with Crippen molar-refractivity contribution in [3.05, 3.63) is 86.9 Å². The molecular formula is C35H43F3N2O2Si. The Morgan fingerprint density at radius 1 is 0.930 bits per heavy atom. The summed E-state index contributed by atoms with van der Waals surface area (Å²) in [6.45, 7) is 15.5. The molecule has 4 rings (SSSR count). The van der Waals surface area contributed by atoms with Gasteiger partial charge in [0.1, 0.15) is 28.0 Å². The molecule has 1 aliphatic carbocycles. The highest BCUT2D eigenvalue weighted by molar-refractivity contribution is 6.98. The van der Waals surface area contributed by atoms with Gasteiger partial charge < -0.3 is 14.8 Å². The second-order valence-electron chi connectivity index (χ2n) is 14.8. The van der Waals surface area contributed by atoms with Gasteiger partial charge in [0.25, 0.3) is 0 Å². The number of hydrogen-bond donors (Lipinski definition) is 0. The van der Waals surface area contributed by atoms with Gasteiger partial charge in [-0.2, -0.15) is 0 Å². The smallest absolute Gasteiger partial charge is 0.199 e. The van der Waals surface area contributed by atoms with Gasteiger partial charge in [0, 0.05) is 48.6 Å². The second-order valence-corrected chi connectivity index (χ2v) is 19.1. The summed E-state index contributed by atoms with van der Waals surface area (Å²) in [6, 6.07) is 5.78. The zero-order chi connectivity index (χ0) is 32.6. The summed E-state index contributed by atoms with van der Waals surface area (Å²) in [4.78, 5) is 14.6. The van der Waals surface area contributed by atoms with Crippen LogP contribution in [0.25, 0.3) is 5.57 Å². The lowest BCUT2D eigenvalue weighted by Crippen LogP contribution is -2.50. The topological polar surface area (TPSA) is 46.4 Å². The van der Waals surface area contributed by atoms with E-state index in [-0.39, 0.29) is 5.57 Å². The van der Waals surface area contributed by atoms with Crippen LogP contribution >= 0.6 is 0 Å². The molecule has 0 fully saturated rings. The van der Waals surface area contributed by atoms with Crippen LogP contribution in [0.5, 0.6) is 0 Å². The van der Waals surface area contributed by atoms with Gasteiger partial charge in [0.15, 0.2) is 17.3 Å². The third kappa shape index (κ3) is 5.32. The van der Waals surface area contributed by atoms with Crippen molar-refractivity contribution in [1.82, 2.24) is 0 Å². The van der Waals surface area contributed by atoms with Gasteiger partial charge >= 0.3 is 0 Å². The summed E-state index contributed by atoms with van der Waals surface area (Å²) in [6.07, 6.45) is 5.78. The van der Waals surface area contributed by atoms with E-state index in [0.29, 0.717) is 11.1 Å². The van der Waals surface area contributed by atoms with Gasteiger partial charge in [-0.3, -0.25) is 0 Å². The number of carbonyl (C=O) groups is 1. The number of halogens is 3. The van der Waals surface area contributed by atoms with Crippen LogP contribution in [-0.4, -0.2) is 52.5 Å². The molecule has 0 amide bonds. The summed E-state index contributed by atoms with van der Waals surface area (Å²) in [5.74, 6) is -6.89. The predicted octanol–water partition coefficient (Wildman–Crippen LogP) is 6.19. The Bertz CT molecular complexity index is 1650. The molecule has 0 unspecified atom stereocenters. The van der Waals surface area contributed by atoms with Crippen molar-refractivity contribution < 1.29 is 27.6 Å². The highest BCUT2D eigenvalue weighted by atomic mass is 28.3. The van der Waals surface area contributed by atoms with E-state index in [1.54, 1.807) is 0 Å². The molecule has 8 heteroatoms. The van der Waals surface area contributed by atoms with Crippen molar-refractivity contribution in [2.45, 2.75) is 60.6 Å². The molecule has 0 aromatic heterocycles. The highest BCUT2D eigenvalue weighted by Crippen LogP contribution is 2.52. The number of aromatic carboxylic acids is 1. The van der Waals surface area contributed by atoms with Crippen molar-refractivity contribution in [3.63, 3.8) is 0 Å². The number of carbonyl (C=O) groups excluding carboxylic acids is 1. The molecule has 2 aliphatic rings. The van der Waals surface area contributed by atoms with Gasteiger partial charge in [-0.05, 0) is 62.0 Å². The fraction of sp³-hybridized carbons (Fsp3) is 0.429. The van der Waals surface area contributed by atoms with Crippen LogP contribution < -0.4 is 15.2 Å². The maximum Gasteiger partial charge on any atom is 0.199 e. The Balaban J connectivity index is 2.30. The predicted molar refractivity (Wildman–Crippen MR) is 171 cm³/mol. The third-order valence-corrected chi connectivity index (χ3v) is 12.3. The number of benzene rings is 2. The fourth-order valence-corrected chi connectivity index (χ4v) is 10.2. The standard InChI is InChI=1S/C35H43F3N2O2Si/c1-34(2,3)32(35(4,5)6)28-29(36)26(27(33(41)42)30(37)31(28)38)25-21-15-13-19(39(7)8)17-23(21)43(11,12)24-18-20(40(9)10)14-16-22(24)25/h13-18,32H,1-12H3. The molecule has 43 heavy (non-hydrogen) atoms. The maximum absolute atomic E-state index is 17.3. The lowest BCUT2D eigenvalue weighted by molar-refractivity contribution is -0.462. The monoisotopic (exact) mass is 608 g/mol. The number of anilines is 1. The zero-order valence-electron chi connectivity index (χ0n) is 27.4. The molecule has 2 aromatic carbocycles. The first-order valence-corrected chi connectivity index (χ1v) is 17.6. The molecule has 230 valence electrons. The molecule has 0 atom stereocenters. The largest absolute Gasteiger partial charge is 0.545 e. The average Bonchev–Trinajstić information content (AvgIpc) is 2.87. The van der Waals surface area contributed by atoms with Crippen LogP contribution in [0.2, 0.25) is 13.1 Å². The number of carboxylic acids is 1. The number of hydrogen-bond acceptors (Lipinski definition) is 3. The van der Waals surface area contributed by atoms with E-state index in [0.717, 1.165) is 21.8 Å². The first-order valence-electron chi connectivity index (χ1n) is 14.6. The number of fused-ring (bicyclic) bond motifs is 2. The van der Waals surface area contributed by atoms with Crippen LogP contribution in [0.4, 0.5) is 18.9 Å². The van der Waals surface area contributed by atoms with Gasteiger partial charge in [0.05, 0.1) is 5.97 Å². The minimum absolute atomic E-state index is 0.242. The lowest BCUT2D eigenvalue weighted by atomic mass is 9.63. The van der Waals surface area contributed by atoms with Gasteiger partial charge in [-0.25, -0.2) is 17.7 Å². The molecule has 0 saturated carbocycles. The minimum atomic E-state index is -2.47. The SMILES string of the molecule is CN(C)c1ccc2c(c1)[Si](C)(C)C1=CC(=[N+](C)C)C=CC1=C2c1c(F)c(C(C(C)(C)C)C(C)(C)C)c(F)c(F)c1C(=O)[O-]. The zero-order valence-corrected chi connectivity index (χ0v) is 28.4. The Labute approximate surface area is 255 Å². The lowest BCUT2D eigenvalue weighted by Gasteiger charge is -2.42. The van der Waals surface area contributed by atoms with Crippen molar-refractivity contribution >= 4 is 36.2 Å². The van der Waals surface area contributed by atoms with Crippen LogP contribution in [-0.2, 0) is 0 Å². The van der Waals surface area contributed by atoms with E-state index in [1.165, 1.54) is 0 Å².